The second kappa shape index (κ2) is 6.67. The molecule has 0 radical (unpaired) electrons. The monoisotopic (exact) mass is 283 g/mol. The summed E-state index contributed by atoms with van der Waals surface area (Å²) in [4.78, 5) is 14.4. The fourth-order valence-corrected chi connectivity index (χ4v) is 2.12. The van der Waals surface area contributed by atoms with Crippen LogP contribution in [0.3, 0.4) is 0 Å². The number of rotatable bonds is 6. The van der Waals surface area contributed by atoms with Gasteiger partial charge in [-0.1, -0.05) is 6.92 Å². The molecule has 0 bridgehead atoms. The normalized spacial score (nSPS) is 22.2. The molecule has 1 aromatic heterocycles. The Morgan fingerprint density at radius 1 is 1.15 bits per heavy atom. The quantitative estimate of drug-likeness (QED) is 0.785. The maximum atomic E-state index is 5.70. The van der Waals surface area contributed by atoms with Gasteiger partial charge in [0.15, 0.2) is 0 Å². The lowest BCUT2D eigenvalue weighted by Crippen LogP contribution is -2.27. The Bertz CT molecular complexity index is 433. The molecular weight excluding hydrogens is 262 g/mol. The van der Waals surface area contributed by atoms with E-state index in [1.54, 1.807) is 14.2 Å². The van der Waals surface area contributed by atoms with Gasteiger partial charge in [0, 0.05) is 27.3 Å². The lowest BCUT2D eigenvalue weighted by Gasteiger charge is -2.16. The second-order valence-electron chi connectivity index (χ2n) is 4.58. The van der Waals surface area contributed by atoms with Crippen LogP contribution in [0.25, 0.3) is 0 Å². The Hall–Kier alpha value is -1.67. The predicted molar refractivity (Wildman–Crippen MR) is 73.8 cm³/mol. The van der Waals surface area contributed by atoms with Crippen molar-refractivity contribution >= 4 is 11.9 Å². The van der Waals surface area contributed by atoms with E-state index in [1.165, 1.54) is 0 Å². The van der Waals surface area contributed by atoms with Gasteiger partial charge < -0.3 is 24.8 Å². The minimum atomic E-state index is -0.0157. The molecule has 2 atom stereocenters. The van der Waals surface area contributed by atoms with Crippen molar-refractivity contribution < 1.29 is 14.2 Å². The zero-order valence-electron chi connectivity index (χ0n) is 12.1. The Balaban J connectivity index is 2.14. The van der Waals surface area contributed by atoms with Crippen molar-refractivity contribution in [3.63, 3.8) is 0 Å². The highest BCUT2D eigenvalue weighted by Gasteiger charge is 2.34. The van der Waals surface area contributed by atoms with Crippen LogP contribution in [-0.2, 0) is 9.47 Å². The van der Waals surface area contributed by atoms with Gasteiger partial charge in [0.1, 0.15) is 12.2 Å². The minimum Gasteiger partial charge on any atom is -0.463 e. The predicted octanol–water partition coefficient (Wildman–Crippen LogP) is 0.0926. The molecule has 2 rings (SSSR count). The molecule has 0 spiro atoms. The molecule has 1 aromatic rings. The number of methoxy groups -OCH3 is 2. The van der Waals surface area contributed by atoms with Crippen LogP contribution in [0.15, 0.2) is 0 Å². The molecule has 8 heteroatoms. The van der Waals surface area contributed by atoms with E-state index in [-0.39, 0.29) is 24.2 Å². The largest absolute Gasteiger partial charge is 0.463 e. The lowest BCUT2D eigenvalue weighted by atomic mass is 10.3. The minimum absolute atomic E-state index is 0.0157. The number of hydrogen-bond acceptors (Lipinski definition) is 8. The Morgan fingerprint density at radius 3 is 2.35 bits per heavy atom. The summed E-state index contributed by atoms with van der Waals surface area (Å²) < 4.78 is 16.2. The molecule has 112 valence electrons. The standard InChI is InChI=1S/C12H21N5O3/c1-4-5-20-12-15-10(13)14-11(16-12)17-6-8(18-2)9(7-17)19-3/h8-9H,4-7H2,1-3H3,(H2,13,14,15,16). The molecule has 2 unspecified atom stereocenters. The third-order valence-corrected chi connectivity index (χ3v) is 3.16. The van der Waals surface area contributed by atoms with Gasteiger partial charge in [0.05, 0.1) is 6.61 Å². The van der Waals surface area contributed by atoms with E-state index in [2.05, 4.69) is 15.0 Å². The van der Waals surface area contributed by atoms with Gasteiger partial charge in [-0.15, -0.1) is 0 Å². The average Bonchev–Trinajstić information content (AvgIpc) is 2.88. The van der Waals surface area contributed by atoms with Crippen molar-refractivity contribution in [2.45, 2.75) is 25.6 Å². The van der Waals surface area contributed by atoms with E-state index >= 15 is 0 Å². The summed E-state index contributed by atoms with van der Waals surface area (Å²) >= 11 is 0. The number of nitrogens with zero attached hydrogens (tertiary/aromatic N) is 4. The SMILES string of the molecule is CCCOc1nc(N)nc(N2CC(OC)C(OC)C2)n1. The van der Waals surface area contributed by atoms with E-state index < -0.39 is 0 Å². The molecule has 1 aliphatic heterocycles. The first-order valence-electron chi connectivity index (χ1n) is 6.62. The number of ether oxygens (including phenoxy) is 3. The zero-order valence-corrected chi connectivity index (χ0v) is 12.1. The number of hydrogen-bond donors (Lipinski definition) is 1. The third-order valence-electron chi connectivity index (χ3n) is 3.16. The highest BCUT2D eigenvalue weighted by atomic mass is 16.5. The van der Waals surface area contributed by atoms with Gasteiger partial charge in [0.2, 0.25) is 11.9 Å². The summed E-state index contributed by atoms with van der Waals surface area (Å²) in [5, 5.41) is 0. The summed E-state index contributed by atoms with van der Waals surface area (Å²) in [5.41, 5.74) is 5.70. The number of aromatic nitrogens is 3. The molecule has 1 aliphatic rings. The first-order valence-corrected chi connectivity index (χ1v) is 6.62. The maximum absolute atomic E-state index is 5.70. The zero-order chi connectivity index (χ0) is 14.5. The Kier molecular flexibility index (Phi) is 4.91. The van der Waals surface area contributed by atoms with Crippen LogP contribution in [0.5, 0.6) is 6.01 Å². The van der Waals surface area contributed by atoms with E-state index in [9.17, 15) is 0 Å². The molecule has 2 N–H and O–H groups in total. The van der Waals surface area contributed by atoms with Crippen LogP contribution in [0.4, 0.5) is 11.9 Å². The highest BCUT2D eigenvalue weighted by molar-refractivity contribution is 5.38. The first-order chi connectivity index (χ1) is 9.67. The van der Waals surface area contributed by atoms with Crippen LogP contribution in [0.1, 0.15) is 13.3 Å². The smallest absolute Gasteiger partial charge is 0.323 e. The second-order valence-corrected chi connectivity index (χ2v) is 4.58. The molecule has 0 aliphatic carbocycles. The molecule has 0 saturated carbocycles. The number of nitrogens with two attached hydrogens (primary N) is 1. The van der Waals surface area contributed by atoms with Gasteiger partial charge >= 0.3 is 6.01 Å². The molecule has 20 heavy (non-hydrogen) atoms. The van der Waals surface area contributed by atoms with Crippen molar-refractivity contribution in [3.8, 4) is 6.01 Å². The Morgan fingerprint density at radius 2 is 1.80 bits per heavy atom. The van der Waals surface area contributed by atoms with Crippen molar-refractivity contribution in [3.05, 3.63) is 0 Å². The summed E-state index contributed by atoms with van der Waals surface area (Å²) in [6, 6.07) is 0.254. The van der Waals surface area contributed by atoms with Gasteiger partial charge in [-0.2, -0.15) is 15.0 Å². The summed E-state index contributed by atoms with van der Waals surface area (Å²) in [6.45, 7) is 3.85. The average molecular weight is 283 g/mol. The highest BCUT2D eigenvalue weighted by Crippen LogP contribution is 2.22. The Labute approximate surface area is 118 Å². The summed E-state index contributed by atoms with van der Waals surface area (Å²) in [5.74, 6) is 0.640. The number of anilines is 2. The van der Waals surface area contributed by atoms with Gasteiger partial charge in [-0.05, 0) is 6.42 Å². The van der Waals surface area contributed by atoms with Crippen LogP contribution in [-0.4, -0.2) is 61.1 Å². The topological polar surface area (TPSA) is 95.6 Å². The van der Waals surface area contributed by atoms with Gasteiger partial charge in [-0.3, -0.25) is 0 Å². The lowest BCUT2D eigenvalue weighted by molar-refractivity contribution is -0.00461. The van der Waals surface area contributed by atoms with E-state index in [4.69, 9.17) is 19.9 Å². The van der Waals surface area contributed by atoms with E-state index in [0.29, 0.717) is 25.6 Å². The molecule has 8 nitrogen and oxygen atoms in total. The molecule has 2 heterocycles. The van der Waals surface area contributed by atoms with E-state index in [0.717, 1.165) is 6.42 Å². The fraction of sp³-hybridized carbons (Fsp3) is 0.750. The van der Waals surface area contributed by atoms with Gasteiger partial charge in [0.25, 0.3) is 0 Å². The molecule has 0 amide bonds. The molecule has 1 saturated heterocycles. The van der Waals surface area contributed by atoms with Crippen molar-refractivity contribution in [2.75, 3.05) is 44.5 Å². The van der Waals surface area contributed by atoms with Crippen LogP contribution >= 0.6 is 0 Å². The fourth-order valence-electron chi connectivity index (χ4n) is 2.12. The maximum Gasteiger partial charge on any atom is 0.323 e. The third kappa shape index (κ3) is 3.26. The van der Waals surface area contributed by atoms with Crippen LogP contribution in [0, 0.1) is 0 Å². The van der Waals surface area contributed by atoms with Crippen molar-refractivity contribution in [1.82, 2.24) is 15.0 Å². The van der Waals surface area contributed by atoms with Crippen LogP contribution < -0.4 is 15.4 Å². The van der Waals surface area contributed by atoms with Crippen molar-refractivity contribution in [1.29, 1.82) is 0 Å². The number of nitrogen functional groups attached to an aromatic ring is 1. The van der Waals surface area contributed by atoms with Crippen molar-refractivity contribution in [2.24, 2.45) is 0 Å². The van der Waals surface area contributed by atoms with Crippen LogP contribution in [0.2, 0.25) is 0 Å². The molecular formula is C12H21N5O3. The van der Waals surface area contributed by atoms with E-state index in [1.807, 2.05) is 11.8 Å². The first kappa shape index (κ1) is 14.7. The summed E-state index contributed by atoms with van der Waals surface area (Å²) in [7, 11) is 3.33. The molecule has 0 aromatic carbocycles. The molecule has 1 fully saturated rings. The van der Waals surface area contributed by atoms with Gasteiger partial charge in [-0.25, -0.2) is 0 Å². The summed E-state index contributed by atoms with van der Waals surface area (Å²) in [6.07, 6.45) is 0.846.